The lowest BCUT2D eigenvalue weighted by atomic mass is 9.62. The first-order chi connectivity index (χ1) is 13.7. The largest absolute Gasteiger partial charge is 0.288 e. The monoisotopic (exact) mass is 394 g/mol. The maximum absolute atomic E-state index is 13.8. The van der Waals surface area contributed by atoms with E-state index in [9.17, 15) is 4.79 Å². The zero-order valence-corrected chi connectivity index (χ0v) is 17.7. The second-order valence-corrected chi connectivity index (χ2v) is 10.1. The van der Waals surface area contributed by atoms with E-state index in [2.05, 4.69) is 31.2 Å². The topological polar surface area (TPSA) is 34.9 Å². The van der Waals surface area contributed by atoms with Gasteiger partial charge in [0.1, 0.15) is 0 Å². The molecule has 1 aromatic heterocycles. The highest BCUT2D eigenvalue weighted by Gasteiger charge is 2.43. The lowest BCUT2D eigenvalue weighted by Crippen LogP contribution is -2.43. The predicted molar refractivity (Wildman–Crippen MR) is 116 cm³/mol. The highest BCUT2D eigenvalue weighted by atomic mass is 32.2. The molecule has 0 aliphatic heterocycles. The van der Waals surface area contributed by atoms with Crippen molar-refractivity contribution in [2.45, 2.75) is 93.5 Å². The molecule has 1 aromatic carbocycles. The fourth-order valence-electron chi connectivity index (χ4n) is 5.75. The molecular formula is C24H30N2OS. The highest BCUT2D eigenvalue weighted by Crippen LogP contribution is 2.49. The van der Waals surface area contributed by atoms with E-state index in [0.29, 0.717) is 11.8 Å². The molecule has 1 spiro atoms. The molecule has 2 aromatic rings. The molecular weight excluding hydrogens is 364 g/mol. The molecule has 5 rings (SSSR count). The number of nitrogens with zero attached hydrogens (tertiary/aromatic N) is 2. The summed E-state index contributed by atoms with van der Waals surface area (Å²) < 4.78 is 1.98. The van der Waals surface area contributed by atoms with Crippen LogP contribution < -0.4 is 5.56 Å². The van der Waals surface area contributed by atoms with Crippen LogP contribution in [0.4, 0.5) is 0 Å². The van der Waals surface area contributed by atoms with Crippen molar-refractivity contribution < 1.29 is 0 Å². The van der Waals surface area contributed by atoms with Gasteiger partial charge in [-0.3, -0.25) is 9.36 Å². The fraction of sp³-hybridized carbons (Fsp3) is 0.583. The van der Waals surface area contributed by atoms with Crippen LogP contribution in [0.15, 0.2) is 34.2 Å². The third kappa shape index (κ3) is 2.96. The number of rotatable bonds is 3. The average molecular weight is 395 g/mol. The quantitative estimate of drug-likeness (QED) is 0.624. The summed E-state index contributed by atoms with van der Waals surface area (Å²) in [5, 5.41) is 1.56. The van der Waals surface area contributed by atoms with Crippen LogP contribution in [0.1, 0.15) is 75.8 Å². The van der Waals surface area contributed by atoms with Gasteiger partial charge in [0.15, 0.2) is 5.16 Å². The standard InChI is InChI=1S/C24H30N2OS/c1-2-26-22(27)20-21(25-23(26)28-18-11-5-6-12-18)19-13-7-4-10-17(19)16-24(20)14-8-3-9-15-24/h4,7,10,13,18H,2-3,5-6,8-9,11-12,14-16H2,1H3. The van der Waals surface area contributed by atoms with Gasteiger partial charge < -0.3 is 0 Å². The summed E-state index contributed by atoms with van der Waals surface area (Å²) in [4.78, 5) is 19.1. The molecule has 0 amide bonds. The Morgan fingerprint density at radius 2 is 1.86 bits per heavy atom. The maximum atomic E-state index is 13.8. The molecule has 2 saturated carbocycles. The molecule has 0 bridgehead atoms. The van der Waals surface area contributed by atoms with E-state index in [0.717, 1.165) is 35.7 Å². The molecule has 0 N–H and O–H groups in total. The van der Waals surface area contributed by atoms with E-state index in [4.69, 9.17) is 4.98 Å². The molecule has 148 valence electrons. The molecule has 28 heavy (non-hydrogen) atoms. The van der Waals surface area contributed by atoms with Crippen LogP contribution in [-0.4, -0.2) is 14.8 Å². The molecule has 1 heterocycles. The summed E-state index contributed by atoms with van der Waals surface area (Å²) in [5.41, 5.74) is 4.85. The van der Waals surface area contributed by atoms with Crippen LogP contribution in [0.2, 0.25) is 0 Å². The Hall–Kier alpha value is -1.55. The van der Waals surface area contributed by atoms with Gasteiger partial charge >= 0.3 is 0 Å². The smallest absolute Gasteiger partial charge is 0.258 e. The molecule has 0 unspecified atom stereocenters. The van der Waals surface area contributed by atoms with Gasteiger partial charge in [-0.15, -0.1) is 0 Å². The van der Waals surface area contributed by atoms with Crippen LogP contribution in [0.5, 0.6) is 0 Å². The second-order valence-electron chi connectivity index (χ2n) is 8.87. The van der Waals surface area contributed by atoms with E-state index in [-0.39, 0.29) is 11.0 Å². The molecule has 0 saturated heterocycles. The zero-order chi connectivity index (χ0) is 19.1. The van der Waals surface area contributed by atoms with Crippen molar-refractivity contribution in [1.82, 2.24) is 9.55 Å². The van der Waals surface area contributed by atoms with Crippen LogP contribution in [0.3, 0.4) is 0 Å². The van der Waals surface area contributed by atoms with Crippen molar-refractivity contribution in [2.24, 2.45) is 0 Å². The summed E-state index contributed by atoms with van der Waals surface area (Å²) in [6.07, 6.45) is 12.1. The predicted octanol–water partition coefficient (Wildman–Crippen LogP) is 5.72. The summed E-state index contributed by atoms with van der Waals surface area (Å²) in [6, 6.07) is 8.67. The maximum Gasteiger partial charge on any atom is 0.258 e. The first-order valence-electron chi connectivity index (χ1n) is 11.1. The molecule has 3 aliphatic rings. The van der Waals surface area contributed by atoms with Gasteiger partial charge in [0.25, 0.3) is 5.56 Å². The number of hydrogen-bond acceptors (Lipinski definition) is 3. The normalized spacial score (nSPS) is 20.9. The summed E-state index contributed by atoms with van der Waals surface area (Å²) in [7, 11) is 0. The Morgan fingerprint density at radius 1 is 1.11 bits per heavy atom. The van der Waals surface area contributed by atoms with E-state index >= 15 is 0 Å². The van der Waals surface area contributed by atoms with Crippen LogP contribution >= 0.6 is 11.8 Å². The van der Waals surface area contributed by atoms with Crippen LogP contribution in [0.25, 0.3) is 11.3 Å². The molecule has 2 fully saturated rings. The van der Waals surface area contributed by atoms with Crippen molar-refractivity contribution in [1.29, 1.82) is 0 Å². The molecule has 3 aliphatic carbocycles. The number of fused-ring (bicyclic) bond motifs is 4. The van der Waals surface area contributed by atoms with Gasteiger partial charge in [-0.05, 0) is 44.6 Å². The minimum absolute atomic E-state index is 0.000501. The Balaban J connectivity index is 1.72. The Bertz CT molecular complexity index is 936. The van der Waals surface area contributed by atoms with E-state index in [1.807, 2.05) is 16.3 Å². The minimum atomic E-state index is -0.000501. The number of thioether (sulfide) groups is 1. The van der Waals surface area contributed by atoms with E-state index < -0.39 is 0 Å². The average Bonchev–Trinajstić information content (AvgIpc) is 3.22. The Morgan fingerprint density at radius 3 is 2.61 bits per heavy atom. The van der Waals surface area contributed by atoms with Gasteiger partial charge in [0.2, 0.25) is 0 Å². The molecule has 0 atom stereocenters. The zero-order valence-electron chi connectivity index (χ0n) is 16.9. The van der Waals surface area contributed by atoms with Crippen molar-refractivity contribution in [3.8, 4) is 11.3 Å². The molecule has 4 heteroatoms. The fourth-order valence-corrected chi connectivity index (χ4v) is 7.10. The lowest BCUT2D eigenvalue weighted by Gasteiger charge is -2.42. The Kier molecular flexibility index (Phi) is 4.86. The van der Waals surface area contributed by atoms with Crippen molar-refractivity contribution in [3.63, 3.8) is 0 Å². The van der Waals surface area contributed by atoms with Crippen molar-refractivity contribution >= 4 is 11.8 Å². The van der Waals surface area contributed by atoms with Gasteiger partial charge in [-0.1, -0.05) is 68.1 Å². The third-order valence-electron chi connectivity index (χ3n) is 7.17. The summed E-state index contributed by atoms with van der Waals surface area (Å²) >= 11 is 1.85. The van der Waals surface area contributed by atoms with Gasteiger partial charge in [-0.2, -0.15) is 0 Å². The second kappa shape index (κ2) is 7.37. The molecule has 0 radical (unpaired) electrons. The Labute approximate surface area is 172 Å². The van der Waals surface area contributed by atoms with Crippen LogP contribution in [-0.2, 0) is 18.4 Å². The van der Waals surface area contributed by atoms with E-state index in [1.54, 1.807) is 0 Å². The highest BCUT2D eigenvalue weighted by molar-refractivity contribution is 7.99. The van der Waals surface area contributed by atoms with Crippen molar-refractivity contribution in [3.05, 3.63) is 45.7 Å². The minimum Gasteiger partial charge on any atom is -0.288 e. The van der Waals surface area contributed by atoms with Crippen molar-refractivity contribution in [2.75, 3.05) is 0 Å². The molecule has 3 nitrogen and oxygen atoms in total. The third-order valence-corrected chi connectivity index (χ3v) is 8.49. The van der Waals surface area contributed by atoms with E-state index in [1.165, 1.54) is 56.1 Å². The number of hydrogen-bond donors (Lipinski definition) is 0. The summed E-state index contributed by atoms with van der Waals surface area (Å²) in [5.74, 6) is 0. The first-order valence-corrected chi connectivity index (χ1v) is 12.0. The van der Waals surface area contributed by atoms with Gasteiger partial charge in [-0.25, -0.2) is 4.98 Å². The van der Waals surface area contributed by atoms with Gasteiger partial charge in [0, 0.05) is 22.8 Å². The number of aromatic nitrogens is 2. The lowest BCUT2D eigenvalue weighted by molar-refractivity contribution is 0.282. The number of benzene rings is 1. The van der Waals surface area contributed by atoms with Gasteiger partial charge in [0.05, 0.1) is 11.3 Å². The summed E-state index contributed by atoms with van der Waals surface area (Å²) in [6.45, 7) is 2.81. The SMILES string of the molecule is CCn1c(SC2CCCC2)nc2c(c1=O)C1(CCCCC1)Cc1ccccc1-2. The first kappa shape index (κ1) is 18.5. The van der Waals surface area contributed by atoms with Crippen LogP contribution in [0, 0.1) is 0 Å².